The lowest BCUT2D eigenvalue weighted by molar-refractivity contribution is 0.197. The van der Waals surface area contributed by atoms with Crippen LogP contribution in [-0.4, -0.2) is 17.4 Å². The van der Waals surface area contributed by atoms with E-state index in [0.717, 1.165) is 0 Å². The van der Waals surface area contributed by atoms with Crippen LogP contribution in [0.5, 0.6) is 0 Å². The molecular weight excluding hydrogens is 140 g/mol. The average Bonchev–Trinajstić information content (AvgIpc) is 2.31. The van der Waals surface area contributed by atoms with Gasteiger partial charge in [-0.05, 0) is 0 Å². The van der Waals surface area contributed by atoms with E-state index in [1.165, 1.54) is 11.2 Å². The first kappa shape index (κ1) is 7.86. The third-order valence-electron chi connectivity index (χ3n) is 1.59. The Morgan fingerprint density at radius 1 is 1.64 bits per heavy atom. The number of hydrogen-bond acceptors (Lipinski definition) is 4. The molecule has 1 rings (SSSR count). The van der Waals surface area contributed by atoms with Crippen LogP contribution in [0.3, 0.4) is 0 Å². The van der Waals surface area contributed by atoms with Crippen molar-refractivity contribution in [2.45, 2.75) is 26.9 Å². The first-order chi connectivity index (χ1) is 5.05. The maximum atomic E-state index is 8.64. The zero-order valence-corrected chi connectivity index (χ0v) is 7.00. The summed E-state index contributed by atoms with van der Waals surface area (Å²) < 4.78 is 0. The van der Waals surface area contributed by atoms with Gasteiger partial charge in [0.25, 0.3) is 0 Å². The molecule has 0 aliphatic carbocycles. The van der Waals surface area contributed by atoms with Crippen LogP contribution >= 0.6 is 0 Å². The summed E-state index contributed by atoms with van der Waals surface area (Å²) in [6, 6.07) is 0. The lowest BCUT2D eigenvalue weighted by Crippen LogP contribution is -2.44. The maximum absolute atomic E-state index is 8.64. The van der Waals surface area contributed by atoms with E-state index in [4.69, 9.17) is 5.26 Å². The molecule has 4 heteroatoms. The summed E-state index contributed by atoms with van der Waals surface area (Å²) in [5.41, 5.74) is 2.89. The third kappa shape index (κ3) is 1.43. The fourth-order valence-corrected chi connectivity index (χ4v) is 0.989. The molecule has 1 aliphatic heterocycles. The predicted octanol–water partition coefficient (Wildman–Crippen LogP) is 0.688. The van der Waals surface area contributed by atoms with E-state index in [1.54, 1.807) is 0 Å². The van der Waals surface area contributed by atoms with Crippen LogP contribution in [0.4, 0.5) is 0 Å². The van der Waals surface area contributed by atoms with Crippen LogP contribution in [0, 0.1) is 16.9 Å². The van der Waals surface area contributed by atoms with Crippen molar-refractivity contribution in [1.82, 2.24) is 10.3 Å². The van der Waals surface area contributed by atoms with Crippen molar-refractivity contribution < 1.29 is 0 Å². The molecule has 1 aliphatic rings. The highest BCUT2D eigenvalue weighted by Gasteiger charge is 2.31. The minimum Gasteiger partial charge on any atom is -0.285 e. The van der Waals surface area contributed by atoms with E-state index >= 15 is 0 Å². The van der Waals surface area contributed by atoms with Gasteiger partial charge in [0, 0.05) is 5.41 Å². The molecule has 0 aromatic rings. The van der Waals surface area contributed by atoms with Gasteiger partial charge in [0.2, 0.25) is 0 Å². The fourth-order valence-electron chi connectivity index (χ4n) is 0.989. The standard InChI is InChI=1S/C7H12N4/c1-7(2,3)6-10-9-5-11(6)4-8/h5-6,10H,1-3H3. The highest BCUT2D eigenvalue weighted by Crippen LogP contribution is 2.22. The molecule has 1 N–H and O–H groups in total. The summed E-state index contributed by atoms with van der Waals surface area (Å²) in [5.74, 6) is 0. The van der Waals surface area contributed by atoms with Crippen molar-refractivity contribution in [3.63, 3.8) is 0 Å². The predicted molar refractivity (Wildman–Crippen MR) is 42.3 cm³/mol. The number of nitrogens with zero attached hydrogens (tertiary/aromatic N) is 3. The first-order valence-corrected chi connectivity index (χ1v) is 3.52. The van der Waals surface area contributed by atoms with E-state index in [9.17, 15) is 0 Å². The number of hydrazone groups is 1. The van der Waals surface area contributed by atoms with E-state index in [1.807, 2.05) is 6.19 Å². The summed E-state index contributed by atoms with van der Waals surface area (Å²) in [4.78, 5) is 1.51. The van der Waals surface area contributed by atoms with Gasteiger partial charge in [0.05, 0.1) is 0 Å². The average molecular weight is 152 g/mol. The minimum absolute atomic E-state index is 0.00694. The van der Waals surface area contributed by atoms with Crippen molar-refractivity contribution >= 4 is 6.34 Å². The Balaban J connectivity index is 2.71. The van der Waals surface area contributed by atoms with E-state index < -0.39 is 0 Å². The number of hydrogen-bond donors (Lipinski definition) is 1. The van der Waals surface area contributed by atoms with Crippen LogP contribution in [0.2, 0.25) is 0 Å². The molecule has 0 amide bonds. The largest absolute Gasteiger partial charge is 0.285 e. The Bertz CT molecular complexity index is 207. The molecule has 60 valence electrons. The van der Waals surface area contributed by atoms with Gasteiger partial charge >= 0.3 is 0 Å². The Kier molecular flexibility index (Phi) is 1.73. The van der Waals surface area contributed by atoms with Gasteiger partial charge in [-0.3, -0.25) is 5.43 Å². The van der Waals surface area contributed by atoms with Crippen molar-refractivity contribution in [3.8, 4) is 6.19 Å². The van der Waals surface area contributed by atoms with E-state index in [-0.39, 0.29) is 11.6 Å². The molecule has 4 nitrogen and oxygen atoms in total. The molecule has 1 heterocycles. The second-order valence-electron chi connectivity index (χ2n) is 3.65. The molecule has 0 spiro atoms. The van der Waals surface area contributed by atoms with Gasteiger partial charge in [-0.25, -0.2) is 4.90 Å². The third-order valence-corrected chi connectivity index (χ3v) is 1.59. The lowest BCUT2D eigenvalue weighted by atomic mass is 9.92. The SMILES string of the molecule is CC(C)(C)C1NN=CN1C#N. The Morgan fingerprint density at radius 3 is 2.64 bits per heavy atom. The molecule has 1 unspecified atom stereocenters. The normalized spacial score (nSPS) is 23.1. The second-order valence-corrected chi connectivity index (χ2v) is 3.65. The summed E-state index contributed by atoms with van der Waals surface area (Å²) in [7, 11) is 0. The summed E-state index contributed by atoms with van der Waals surface area (Å²) in [6.07, 6.45) is 3.54. The van der Waals surface area contributed by atoms with E-state index in [2.05, 4.69) is 31.3 Å². The van der Waals surface area contributed by atoms with Crippen molar-refractivity contribution in [2.75, 3.05) is 0 Å². The van der Waals surface area contributed by atoms with Crippen molar-refractivity contribution in [2.24, 2.45) is 10.5 Å². The first-order valence-electron chi connectivity index (χ1n) is 3.52. The fraction of sp³-hybridized carbons (Fsp3) is 0.714. The molecule has 0 bridgehead atoms. The highest BCUT2D eigenvalue weighted by molar-refractivity contribution is 5.59. The van der Waals surface area contributed by atoms with Crippen LogP contribution in [-0.2, 0) is 0 Å². The monoisotopic (exact) mass is 152 g/mol. The van der Waals surface area contributed by atoms with Crippen molar-refractivity contribution in [3.05, 3.63) is 0 Å². The molecule has 0 fully saturated rings. The highest BCUT2D eigenvalue weighted by atomic mass is 15.5. The molecule has 1 atom stereocenters. The number of nitrogens with one attached hydrogen (secondary N) is 1. The van der Waals surface area contributed by atoms with Crippen LogP contribution in [0.1, 0.15) is 20.8 Å². The van der Waals surface area contributed by atoms with Gasteiger partial charge in [0.1, 0.15) is 12.5 Å². The molecule has 0 radical (unpaired) electrons. The van der Waals surface area contributed by atoms with Gasteiger partial charge in [-0.2, -0.15) is 10.4 Å². The van der Waals surface area contributed by atoms with Crippen molar-refractivity contribution in [1.29, 1.82) is 5.26 Å². The maximum Gasteiger partial charge on any atom is 0.187 e. The smallest absolute Gasteiger partial charge is 0.187 e. The summed E-state index contributed by atoms with van der Waals surface area (Å²) in [6.45, 7) is 6.18. The quantitative estimate of drug-likeness (QED) is 0.519. The van der Waals surface area contributed by atoms with Crippen LogP contribution in [0.25, 0.3) is 0 Å². The minimum atomic E-state index is -0.00694. The molecule has 0 saturated heterocycles. The van der Waals surface area contributed by atoms with Crippen LogP contribution < -0.4 is 5.43 Å². The number of rotatable bonds is 0. The topological polar surface area (TPSA) is 51.4 Å². The Hall–Kier alpha value is -1.24. The molecular formula is C7H12N4. The molecule has 0 aromatic carbocycles. The summed E-state index contributed by atoms with van der Waals surface area (Å²) in [5, 5.41) is 12.5. The molecule has 11 heavy (non-hydrogen) atoms. The number of nitriles is 1. The van der Waals surface area contributed by atoms with Crippen LogP contribution in [0.15, 0.2) is 5.10 Å². The van der Waals surface area contributed by atoms with Gasteiger partial charge < -0.3 is 0 Å². The zero-order chi connectivity index (χ0) is 8.48. The zero-order valence-electron chi connectivity index (χ0n) is 7.00. The van der Waals surface area contributed by atoms with E-state index in [0.29, 0.717) is 0 Å². The van der Waals surface area contributed by atoms with Gasteiger partial charge in [-0.15, -0.1) is 0 Å². The Labute approximate surface area is 66.5 Å². The second kappa shape index (κ2) is 2.42. The molecule has 0 saturated carbocycles. The van der Waals surface area contributed by atoms with Gasteiger partial charge in [-0.1, -0.05) is 20.8 Å². The lowest BCUT2D eigenvalue weighted by Gasteiger charge is -2.29. The molecule has 0 aromatic heterocycles. The Morgan fingerprint density at radius 2 is 2.27 bits per heavy atom. The summed E-state index contributed by atoms with van der Waals surface area (Å²) >= 11 is 0. The van der Waals surface area contributed by atoms with Gasteiger partial charge in [0.15, 0.2) is 6.19 Å².